The van der Waals surface area contributed by atoms with Crippen LogP contribution in [0.3, 0.4) is 0 Å². The second-order valence-corrected chi connectivity index (χ2v) is 11.0. The minimum absolute atomic E-state index is 0.181. The second-order valence-electron chi connectivity index (χ2n) is 11.0. The Labute approximate surface area is 194 Å². The first kappa shape index (κ1) is 22.5. The molecule has 0 spiro atoms. The van der Waals surface area contributed by atoms with Crippen LogP contribution in [0.1, 0.15) is 76.3 Å². The smallest absolute Gasteiger partial charge is 0.219 e. The van der Waals surface area contributed by atoms with E-state index in [-0.39, 0.29) is 28.5 Å². The van der Waals surface area contributed by atoms with E-state index in [9.17, 15) is 4.39 Å². The molecule has 0 saturated heterocycles. The van der Waals surface area contributed by atoms with Crippen molar-refractivity contribution in [2.45, 2.75) is 70.8 Å². The molecular formula is C28H32F3NO. The molecule has 2 aromatic carbocycles. The van der Waals surface area contributed by atoms with Gasteiger partial charge in [0.2, 0.25) is 5.90 Å². The van der Waals surface area contributed by atoms with Crippen molar-refractivity contribution in [3.63, 3.8) is 0 Å². The van der Waals surface area contributed by atoms with Crippen molar-refractivity contribution in [2.24, 2.45) is 22.7 Å². The maximum absolute atomic E-state index is 15.2. The van der Waals surface area contributed by atoms with Gasteiger partial charge in [0.25, 0.3) is 0 Å². The Kier molecular flexibility index (Phi) is 5.78. The third kappa shape index (κ3) is 4.43. The summed E-state index contributed by atoms with van der Waals surface area (Å²) >= 11 is 0. The fraction of sp³-hybridized carbons (Fsp3) is 0.536. The third-order valence-corrected chi connectivity index (χ3v) is 7.87. The van der Waals surface area contributed by atoms with Gasteiger partial charge in [-0.1, -0.05) is 19.4 Å². The van der Waals surface area contributed by atoms with Crippen molar-refractivity contribution >= 4 is 5.90 Å². The molecule has 1 aliphatic heterocycles. The summed E-state index contributed by atoms with van der Waals surface area (Å²) in [5.41, 5.74) is 0.530. The normalized spacial score (nSPS) is 28.7. The first-order chi connectivity index (χ1) is 15.7. The number of nitrogens with zero attached hydrogens (tertiary/aromatic N) is 1. The molecule has 3 aliphatic rings. The standard InChI is InChI=1S/C28H32F3NO/c1-16-4-5-18-11-19(7-6-17(18)10-16)21-13-24(30)26(25(31)14-21)20-8-9-22(23(29)12-20)27-32-28(2,3)15-33-27/h8-9,12-14,16-19H,4-7,10-11,15H2,1-3H3/t16?,17-,18-,19-/m1/s1. The number of rotatable bonds is 3. The Morgan fingerprint density at radius 1 is 0.879 bits per heavy atom. The molecule has 0 aromatic heterocycles. The lowest BCUT2D eigenvalue weighted by Gasteiger charge is -2.41. The average Bonchev–Trinajstić information content (AvgIpc) is 3.12. The molecule has 0 N–H and O–H groups in total. The Morgan fingerprint density at radius 3 is 2.24 bits per heavy atom. The summed E-state index contributed by atoms with van der Waals surface area (Å²) in [7, 11) is 0. The molecule has 2 aromatic rings. The van der Waals surface area contributed by atoms with E-state index in [2.05, 4.69) is 11.9 Å². The first-order valence-corrected chi connectivity index (χ1v) is 12.2. The largest absolute Gasteiger partial charge is 0.475 e. The summed E-state index contributed by atoms with van der Waals surface area (Å²) in [6, 6.07) is 7.12. The molecule has 0 bridgehead atoms. The number of halogens is 3. The molecule has 2 aliphatic carbocycles. The van der Waals surface area contributed by atoms with E-state index < -0.39 is 23.0 Å². The van der Waals surface area contributed by atoms with E-state index in [1.165, 1.54) is 49.6 Å². The molecule has 2 saturated carbocycles. The van der Waals surface area contributed by atoms with Crippen LogP contribution in [-0.4, -0.2) is 18.0 Å². The van der Waals surface area contributed by atoms with Crippen LogP contribution < -0.4 is 0 Å². The maximum atomic E-state index is 15.2. The van der Waals surface area contributed by atoms with Crippen LogP contribution in [0.25, 0.3) is 11.1 Å². The highest BCUT2D eigenvalue weighted by atomic mass is 19.1. The topological polar surface area (TPSA) is 21.6 Å². The number of aliphatic imine (C=N–C) groups is 1. The first-order valence-electron chi connectivity index (χ1n) is 12.2. The molecule has 5 rings (SSSR count). The molecule has 176 valence electrons. The van der Waals surface area contributed by atoms with Crippen LogP contribution in [0, 0.1) is 35.2 Å². The molecule has 2 fully saturated rings. The molecule has 1 heterocycles. The van der Waals surface area contributed by atoms with Crippen LogP contribution in [0.5, 0.6) is 0 Å². The van der Waals surface area contributed by atoms with Crippen LogP contribution in [-0.2, 0) is 4.74 Å². The van der Waals surface area contributed by atoms with E-state index in [1.807, 2.05) is 13.8 Å². The Hall–Kier alpha value is -2.30. The molecule has 5 heteroatoms. The zero-order valence-corrected chi connectivity index (χ0v) is 19.6. The van der Waals surface area contributed by atoms with Crippen molar-refractivity contribution in [1.82, 2.24) is 0 Å². The highest BCUT2D eigenvalue weighted by molar-refractivity contribution is 5.96. The van der Waals surface area contributed by atoms with Gasteiger partial charge in [0.1, 0.15) is 24.1 Å². The lowest BCUT2D eigenvalue weighted by atomic mass is 9.64. The Balaban J connectivity index is 1.39. The monoisotopic (exact) mass is 455 g/mol. The van der Waals surface area contributed by atoms with Gasteiger partial charge in [0, 0.05) is 0 Å². The van der Waals surface area contributed by atoms with Gasteiger partial charge in [-0.25, -0.2) is 18.2 Å². The highest BCUT2D eigenvalue weighted by Gasteiger charge is 2.35. The molecule has 4 atom stereocenters. The van der Waals surface area contributed by atoms with Gasteiger partial charge in [-0.05, 0) is 105 Å². The van der Waals surface area contributed by atoms with Crippen molar-refractivity contribution in [3.8, 4) is 11.1 Å². The SMILES string of the molecule is CC1CC[C@@H]2C[C@H](c3cc(F)c(-c4ccc(C5=NC(C)(C)CO5)c(F)c4)c(F)c3)CC[C@@H]2C1. The van der Waals surface area contributed by atoms with Gasteiger partial charge >= 0.3 is 0 Å². The molecule has 33 heavy (non-hydrogen) atoms. The number of hydrogen-bond donors (Lipinski definition) is 0. The summed E-state index contributed by atoms with van der Waals surface area (Å²) in [6.07, 6.45) is 6.90. The van der Waals surface area contributed by atoms with E-state index in [1.54, 1.807) is 0 Å². The van der Waals surface area contributed by atoms with E-state index >= 15 is 8.78 Å². The minimum atomic E-state index is -0.632. The van der Waals surface area contributed by atoms with Crippen LogP contribution in [0.15, 0.2) is 35.3 Å². The number of hydrogen-bond acceptors (Lipinski definition) is 2. The van der Waals surface area contributed by atoms with Gasteiger partial charge < -0.3 is 4.74 Å². The number of benzene rings is 2. The second kappa shape index (κ2) is 8.48. The Bertz CT molecular complexity index is 1070. The lowest BCUT2D eigenvalue weighted by Crippen LogP contribution is -2.29. The van der Waals surface area contributed by atoms with Crippen LogP contribution in [0.2, 0.25) is 0 Å². The predicted octanol–water partition coefficient (Wildman–Crippen LogP) is 7.65. The van der Waals surface area contributed by atoms with Crippen molar-refractivity contribution < 1.29 is 17.9 Å². The lowest BCUT2D eigenvalue weighted by molar-refractivity contribution is 0.124. The molecular weight excluding hydrogens is 423 g/mol. The number of fused-ring (bicyclic) bond motifs is 1. The summed E-state index contributed by atoms with van der Waals surface area (Å²) in [4.78, 5) is 4.39. The quantitative estimate of drug-likeness (QED) is 0.466. The van der Waals surface area contributed by atoms with Gasteiger partial charge in [-0.2, -0.15) is 0 Å². The maximum Gasteiger partial charge on any atom is 0.219 e. The summed E-state index contributed by atoms with van der Waals surface area (Å²) in [5, 5.41) is 0. The van der Waals surface area contributed by atoms with Gasteiger partial charge in [-0.15, -0.1) is 0 Å². The minimum Gasteiger partial charge on any atom is -0.475 e. The van der Waals surface area contributed by atoms with Crippen molar-refractivity contribution in [3.05, 3.63) is 58.9 Å². The molecule has 0 radical (unpaired) electrons. The van der Waals surface area contributed by atoms with Gasteiger partial charge in [0.05, 0.1) is 16.7 Å². The zero-order valence-electron chi connectivity index (χ0n) is 19.6. The molecule has 2 nitrogen and oxygen atoms in total. The fourth-order valence-electron chi connectivity index (χ4n) is 6.10. The fourth-order valence-corrected chi connectivity index (χ4v) is 6.10. The Morgan fingerprint density at radius 2 is 1.58 bits per heavy atom. The van der Waals surface area contributed by atoms with E-state index in [4.69, 9.17) is 4.74 Å². The van der Waals surface area contributed by atoms with Gasteiger partial charge in [-0.3, -0.25) is 0 Å². The predicted molar refractivity (Wildman–Crippen MR) is 125 cm³/mol. The summed E-state index contributed by atoms with van der Waals surface area (Å²) in [6.45, 7) is 6.51. The molecule has 0 amide bonds. The van der Waals surface area contributed by atoms with Gasteiger partial charge in [0.15, 0.2) is 0 Å². The highest BCUT2D eigenvalue weighted by Crippen LogP contribution is 2.48. The van der Waals surface area contributed by atoms with Crippen LogP contribution >= 0.6 is 0 Å². The van der Waals surface area contributed by atoms with E-state index in [0.717, 1.165) is 36.7 Å². The zero-order chi connectivity index (χ0) is 23.3. The summed E-state index contributed by atoms with van der Waals surface area (Å²) < 4.78 is 50.7. The molecule has 1 unspecified atom stereocenters. The van der Waals surface area contributed by atoms with Crippen molar-refractivity contribution in [1.29, 1.82) is 0 Å². The summed E-state index contributed by atoms with van der Waals surface area (Å²) in [5.74, 6) is 0.779. The van der Waals surface area contributed by atoms with E-state index in [0.29, 0.717) is 12.5 Å². The van der Waals surface area contributed by atoms with Crippen molar-refractivity contribution in [2.75, 3.05) is 6.61 Å². The average molecular weight is 456 g/mol. The third-order valence-electron chi connectivity index (χ3n) is 7.87. The number of ether oxygens (including phenoxy) is 1. The van der Waals surface area contributed by atoms with Crippen LogP contribution in [0.4, 0.5) is 13.2 Å².